The Labute approximate surface area is 186 Å². The fourth-order valence-electron chi connectivity index (χ4n) is 2.80. The van der Waals surface area contributed by atoms with E-state index in [1.54, 1.807) is 24.3 Å². The molecule has 0 bridgehead atoms. The molecule has 2 amide bonds. The number of carbonyl (C=O) groups excluding carboxylic acids is 2. The zero-order valence-electron chi connectivity index (χ0n) is 18.2. The van der Waals surface area contributed by atoms with E-state index in [0.717, 1.165) is 16.3 Å². The molecule has 3 aromatic rings. The molecule has 162 valence electrons. The number of ether oxygens (including phenoxy) is 1. The van der Waals surface area contributed by atoms with Gasteiger partial charge in [0.15, 0.2) is 0 Å². The summed E-state index contributed by atoms with van der Waals surface area (Å²) in [5.41, 5.74) is 2.38. The van der Waals surface area contributed by atoms with Gasteiger partial charge < -0.3 is 15.4 Å². The Morgan fingerprint density at radius 1 is 1.03 bits per heavy atom. The summed E-state index contributed by atoms with van der Waals surface area (Å²) in [6.45, 7) is 8.07. The summed E-state index contributed by atoms with van der Waals surface area (Å²) < 4.78 is 5.68. The van der Waals surface area contributed by atoms with E-state index < -0.39 is 5.41 Å². The lowest BCUT2D eigenvalue weighted by Crippen LogP contribution is -2.27. The lowest BCUT2D eigenvalue weighted by molar-refractivity contribution is -0.123. The van der Waals surface area contributed by atoms with Crippen LogP contribution in [0.15, 0.2) is 53.9 Å². The molecule has 0 aliphatic heterocycles. The Kier molecular flexibility index (Phi) is 7.07. The van der Waals surface area contributed by atoms with Crippen molar-refractivity contribution in [1.29, 1.82) is 0 Å². The number of nitrogens with zero attached hydrogens (tertiary/aromatic N) is 1. The molecule has 0 saturated carbocycles. The second kappa shape index (κ2) is 9.75. The molecule has 0 atom stereocenters. The third kappa shape index (κ3) is 6.15. The van der Waals surface area contributed by atoms with Gasteiger partial charge in [0, 0.05) is 22.2 Å². The first-order valence-electron chi connectivity index (χ1n) is 10.1. The highest BCUT2D eigenvalue weighted by molar-refractivity contribution is 7.13. The maximum atomic E-state index is 12.5. The third-order valence-electron chi connectivity index (χ3n) is 4.40. The molecule has 2 aromatic carbocycles. The van der Waals surface area contributed by atoms with Gasteiger partial charge in [-0.25, -0.2) is 4.98 Å². The number of aromatic nitrogens is 1. The largest absolute Gasteiger partial charge is 0.493 e. The predicted octanol–water partition coefficient (Wildman–Crippen LogP) is 5.37. The van der Waals surface area contributed by atoms with Crippen molar-refractivity contribution in [2.45, 2.75) is 34.1 Å². The average molecular weight is 438 g/mol. The Morgan fingerprint density at radius 3 is 2.45 bits per heavy atom. The minimum Gasteiger partial charge on any atom is -0.493 e. The van der Waals surface area contributed by atoms with E-state index in [0.29, 0.717) is 23.7 Å². The Balaban J connectivity index is 1.65. The van der Waals surface area contributed by atoms with Crippen molar-refractivity contribution in [1.82, 2.24) is 4.98 Å². The van der Waals surface area contributed by atoms with Gasteiger partial charge in [-0.15, -0.1) is 11.3 Å². The quantitative estimate of drug-likeness (QED) is 0.520. The van der Waals surface area contributed by atoms with Crippen molar-refractivity contribution in [3.8, 4) is 16.3 Å². The van der Waals surface area contributed by atoms with Crippen LogP contribution in [0.4, 0.5) is 11.4 Å². The highest BCUT2D eigenvalue weighted by Gasteiger charge is 2.21. The van der Waals surface area contributed by atoms with E-state index in [2.05, 4.69) is 15.6 Å². The highest BCUT2D eigenvalue weighted by atomic mass is 32.1. The number of amides is 2. The van der Waals surface area contributed by atoms with Gasteiger partial charge >= 0.3 is 0 Å². The summed E-state index contributed by atoms with van der Waals surface area (Å²) in [6, 6.07) is 14.9. The number of hydrogen-bond donors (Lipinski definition) is 2. The van der Waals surface area contributed by atoms with Crippen molar-refractivity contribution >= 4 is 34.5 Å². The van der Waals surface area contributed by atoms with Crippen molar-refractivity contribution < 1.29 is 14.3 Å². The van der Waals surface area contributed by atoms with Crippen molar-refractivity contribution in [2.75, 3.05) is 17.2 Å². The van der Waals surface area contributed by atoms with Crippen molar-refractivity contribution in [3.05, 3.63) is 59.6 Å². The molecule has 0 unspecified atom stereocenters. The van der Waals surface area contributed by atoms with Crippen LogP contribution < -0.4 is 15.4 Å². The monoisotopic (exact) mass is 437 g/mol. The predicted molar refractivity (Wildman–Crippen MR) is 126 cm³/mol. The lowest BCUT2D eigenvalue weighted by Gasteiger charge is -2.18. The second-order valence-corrected chi connectivity index (χ2v) is 8.94. The smallest absolute Gasteiger partial charge is 0.230 e. The molecular weight excluding hydrogens is 410 g/mol. The van der Waals surface area contributed by atoms with Crippen LogP contribution in [0.3, 0.4) is 0 Å². The number of thiazole rings is 1. The molecule has 1 aromatic heterocycles. The van der Waals surface area contributed by atoms with E-state index in [-0.39, 0.29) is 18.2 Å². The Hall–Kier alpha value is -3.19. The summed E-state index contributed by atoms with van der Waals surface area (Å²) in [5, 5.41) is 8.45. The maximum Gasteiger partial charge on any atom is 0.230 e. The van der Waals surface area contributed by atoms with Gasteiger partial charge in [-0.1, -0.05) is 39.0 Å². The number of benzene rings is 2. The van der Waals surface area contributed by atoms with Crippen molar-refractivity contribution in [2.24, 2.45) is 5.41 Å². The fraction of sp³-hybridized carbons (Fsp3) is 0.292. The van der Waals surface area contributed by atoms with Crippen LogP contribution in [0, 0.1) is 5.41 Å². The van der Waals surface area contributed by atoms with Crippen LogP contribution in [0.5, 0.6) is 5.75 Å². The number of hydrogen-bond acceptors (Lipinski definition) is 5. The van der Waals surface area contributed by atoms with Crippen LogP contribution in [0.1, 0.15) is 33.4 Å². The van der Waals surface area contributed by atoms with Gasteiger partial charge in [-0.2, -0.15) is 0 Å². The molecule has 3 rings (SSSR count). The first-order valence-corrected chi connectivity index (χ1v) is 11.0. The van der Waals surface area contributed by atoms with Gasteiger partial charge in [0.25, 0.3) is 0 Å². The normalized spacial score (nSPS) is 11.1. The third-order valence-corrected chi connectivity index (χ3v) is 5.32. The van der Waals surface area contributed by atoms with Crippen LogP contribution in [-0.2, 0) is 16.0 Å². The maximum absolute atomic E-state index is 12.5. The van der Waals surface area contributed by atoms with E-state index in [1.807, 2.05) is 57.3 Å². The molecule has 0 fully saturated rings. The molecule has 6 nitrogen and oxygen atoms in total. The zero-order chi connectivity index (χ0) is 22.4. The summed E-state index contributed by atoms with van der Waals surface area (Å²) in [6.07, 6.45) is 0.159. The van der Waals surface area contributed by atoms with Crippen LogP contribution >= 0.6 is 11.3 Å². The van der Waals surface area contributed by atoms with Gasteiger partial charge in [0.05, 0.1) is 24.3 Å². The molecular formula is C24H27N3O3S. The second-order valence-electron chi connectivity index (χ2n) is 8.08. The average Bonchev–Trinajstić information content (AvgIpc) is 3.16. The van der Waals surface area contributed by atoms with Crippen molar-refractivity contribution in [3.63, 3.8) is 0 Å². The highest BCUT2D eigenvalue weighted by Crippen LogP contribution is 2.32. The van der Waals surface area contributed by atoms with Crippen LogP contribution in [-0.4, -0.2) is 23.4 Å². The standard InChI is InChI=1S/C24H27N3O3S/c1-5-30-20-12-7-6-11-19(20)22-26-18(15-31-22)14-21(28)25-16-9-8-10-17(13-16)27-23(29)24(2,3)4/h6-13,15H,5,14H2,1-4H3,(H,25,28)(H,27,29). The molecule has 0 aliphatic rings. The molecule has 0 radical (unpaired) electrons. The minimum absolute atomic E-state index is 0.0849. The van der Waals surface area contributed by atoms with E-state index in [1.165, 1.54) is 11.3 Å². The van der Waals surface area contributed by atoms with Gasteiger partial charge in [0.1, 0.15) is 10.8 Å². The number of carbonyl (C=O) groups is 2. The van der Waals surface area contributed by atoms with Gasteiger partial charge in [-0.3, -0.25) is 9.59 Å². The first-order chi connectivity index (χ1) is 14.8. The number of para-hydroxylation sites is 1. The van der Waals surface area contributed by atoms with E-state index in [9.17, 15) is 9.59 Å². The summed E-state index contributed by atoms with van der Waals surface area (Å²) in [4.78, 5) is 29.3. The summed E-state index contributed by atoms with van der Waals surface area (Å²) in [7, 11) is 0. The molecule has 0 aliphatic carbocycles. The number of rotatable bonds is 7. The van der Waals surface area contributed by atoms with E-state index in [4.69, 9.17) is 4.74 Å². The summed E-state index contributed by atoms with van der Waals surface area (Å²) in [5.74, 6) is 0.525. The fourth-order valence-corrected chi connectivity index (χ4v) is 3.65. The molecule has 7 heteroatoms. The zero-order valence-corrected chi connectivity index (χ0v) is 19.0. The molecule has 0 saturated heterocycles. The first kappa shape index (κ1) is 22.5. The lowest BCUT2D eigenvalue weighted by atomic mass is 9.95. The summed E-state index contributed by atoms with van der Waals surface area (Å²) >= 11 is 1.48. The van der Waals surface area contributed by atoms with Crippen LogP contribution in [0.25, 0.3) is 10.6 Å². The molecule has 1 heterocycles. The molecule has 0 spiro atoms. The number of nitrogens with one attached hydrogen (secondary N) is 2. The number of anilines is 2. The SMILES string of the molecule is CCOc1ccccc1-c1nc(CC(=O)Nc2cccc(NC(=O)C(C)(C)C)c2)cs1. The van der Waals surface area contributed by atoms with Gasteiger partial charge in [-0.05, 0) is 37.3 Å². The van der Waals surface area contributed by atoms with Crippen LogP contribution in [0.2, 0.25) is 0 Å². The van der Waals surface area contributed by atoms with E-state index >= 15 is 0 Å². The molecule has 2 N–H and O–H groups in total. The van der Waals surface area contributed by atoms with Gasteiger partial charge in [0.2, 0.25) is 11.8 Å². The Morgan fingerprint density at radius 2 is 1.74 bits per heavy atom. The topological polar surface area (TPSA) is 80.3 Å². The molecule has 31 heavy (non-hydrogen) atoms. The Bertz CT molecular complexity index is 1070. The minimum atomic E-state index is -0.498.